The van der Waals surface area contributed by atoms with Crippen molar-refractivity contribution in [3.8, 4) is 5.75 Å². The maximum Gasteiger partial charge on any atom is 0.270 e. The van der Waals surface area contributed by atoms with Crippen molar-refractivity contribution >= 4 is 27.5 Å². The SMILES string of the molecule is [N-]=[N+]=NCc1nc2c(OCc3ccccc3Br)cccn2c1C(=O)NC(CN=O)CN=O. The van der Waals surface area contributed by atoms with Gasteiger partial charge in [-0.15, -0.1) is 0 Å². The van der Waals surface area contributed by atoms with Crippen LogP contribution in [-0.2, 0) is 13.2 Å². The third-order valence-electron chi connectivity index (χ3n) is 4.45. The molecule has 0 atom stereocenters. The summed E-state index contributed by atoms with van der Waals surface area (Å²) >= 11 is 3.47. The summed E-state index contributed by atoms with van der Waals surface area (Å²) in [7, 11) is 0. The van der Waals surface area contributed by atoms with Crippen LogP contribution in [0.25, 0.3) is 16.1 Å². The van der Waals surface area contributed by atoms with Gasteiger partial charge in [-0.05, 0) is 23.7 Å². The number of halogens is 1. The van der Waals surface area contributed by atoms with Gasteiger partial charge in [0.05, 0.1) is 18.3 Å². The van der Waals surface area contributed by atoms with Crippen molar-refractivity contribution in [3.63, 3.8) is 0 Å². The second-order valence-corrected chi connectivity index (χ2v) is 7.39. The van der Waals surface area contributed by atoms with Crippen LogP contribution in [0.4, 0.5) is 0 Å². The summed E-state index contributed by atoms with van der Waals surface area (Å²) in [5.41, 5.74) is 10.2. The highest BCUT2D eigenvalue weighted by atomic mass is 79.9. The monoisotopic (exact) mass is 500 g/mol. The summed E-state index contributed by atoms with van der Waals surface area (Å²) in [6.45, 7) is -0.577. The minimum Gasteiger partial charge on any atom is -0.485 e. The van der Waals surface area contributed by atoms with E-state index < -0.39 is 11.9 Å². The van der Waals surface area contributed by atoms with Crippen molar-refractivity contribution in [1.82, 2.24) is 14.7 Å². The van der Waals surface area contributed by atoms with Gasteiger partial charge >= 0.3 is 0 Å². The number of aromatic nitrogens is 2. The molecule has 0 saturated heterocycles. The van der Waals surface area contributed by atoms with E-state index in [1.165, 1.54) is 4.40 Å². The lowest BCUT2D eigenvalue weighted by Gasteiger charge is -2.13. The van der Waals surface area contributed by atoms with E-state index in [2.05, 4.69) is 46.6 Å². The molecule has 0 bridgehead atoms. The molecule has 2 heterocycles. The molecule has 32 heavy (non-hydrogen) atoms. The van der Waals surface area contributed by atoms with E-state index in [0.29, 0.717) is 11.4 Å². The molecule has 0 aliphatic heterocycles. The molecule has 3 rings (SSSR count). The van der Waals surface area contributed by atoms with E-state index in [9.17, 15) is 14.6 Å². The topological polar surface area (TPSA) is 163 Å². The quantitative estimate of drug-likeness (QED) is 0.181. The Balaban J connectivity index is 1.97. The second-order valence-electron chi connectivity index (χ2n) is 6.54. The summed E-state index contributed by atoms with van der Waals surface area (Å²) in [5.74, 6) is -0.217. The van der Waals surface area contributed by atoms with E-state index in [1.54, 1.807) is 18.3 Å². The van der Waals surface area contributed by atoms with E-state index >= 15 is 0 Å². The van der Waals surface area contributed by atoms with Crippen LogP contribution in [0.1, 0.15) is 21.7 Å². The first-order valence-corrected chi connectivity index (χ1v) is 10.1. The van der Waals surface area contributed by atoms with Crippen molar-refractivity contribution in [2.45, 2.75) is 19.2 Å². The summed E-state index contributed by atoms with van der Waals surface area (Å²) in [4.78, 5) is 41.3. The maximum atomic E-state index is 13.0. The van der Waals surface area contributed by atoms with Crippen molar-refractivity contribution in [1.29, 1.82) is 0 Å². The number of amides is 1. The molecular formula is C19H17BrN8O4. The molecule has 3 aromatic rings. The van der Waals surface area contributed by atoms with Gasteiger partial charge in [0.15, 0.2) is 11.4 Å². The van der Waals surface area contributed by atoms with E-state index in [4.69, 9.17) is 10.3 Å². The van der Waals surface area contributed by atoms with Gasteiger partial charge in [-0.3, -0.25) is 9.20 Å². The fourth-order valence-electron chi connectivity index (χ4n) is 3.01. The maximum absolute atomic E-state index is 13.0. The smallest absolute Gasteiger partial charge is 0.270 e. The molecule has 12 nitrogen and oxygen atoms in total. The predicted molar refractivity (Wildman–Crippen MR) is 119 cm³/mol. The zero-order chi connectivity index (χ0) is 22.9. The lowest BCUT2D eigenvalue weighted by Crippen LogP contribution is -2.40. The molecule has 0 aliphatic carbocycles. The first-order chi connectivity index (χ1) is 15.6. The number of carbonyl (C=O) groups is 1. The number of nitrogens with zero attached hydrogens (tertiary/aromatic N) is 7. The highest BCUT2D eigenvalue weighted by Gasteiger charge is 2.23. The number of nitrogens with one attached hydrogen (secondary N) is 1. The third-order valence-corrected chi connectivity index (χ3v) is 5.22. The second kappa shape index (κ2) is 11.0. The predicted octanol–water partition coefficient (Wildman–Crippen LogP) is 4.12. The molecule has 1 aromatic carbocycles. The molecule has 13 heteroatoms. The summed E-state index contributed by atoms with van der Waals surface area (Å²) in [6, 6.07) is 10.1. The third kappa shape index (κ3) is 5.25. The Labute approximate surface area is 189 Å². The lowest BCUT2D eigenvalue weighted by atomic mass is 10.2. The minimum absolute atomic E-state index is 0.0838. The molecule has 0 unspecified atom stereocenters. The Kier molecular flexibility index (Phi) is 7.84. The molecule has 2 aromatic heterocycles. The fraction of sp³-hybridized carbons (Fsp3) is 0.263. The molecule has 0 aliphatic rings. The van der Waals surface area contributed by atoms with E-state index in [0.717, 1.165) is 10.0 Å². The average molecular weight is 501 g/mol. The Morgan fingerprint density at radius 1 is 1.22 bits per heavy atom. The number of imidazole rings is 1. The van der Waals surface area contributed by atoms with Crippen LogP contribution in [-0.4, -0.2) is 34.4 Å². The summed E-state index contributed by atoms with van der Waals surface area (Å²) in [6.07, 6.45) is 1.60. The van der Waals surface area contributed by atoms with E-state index in [-0.39, 0.29) is 37.6 Å². The first kappa shape index (κ1) is 22.8. The van der Waals surface area contributed by atoms with Crippen molar-refractivity contribution < 1.29 is 9.53 Å². The average Bonchev–Trinajstić information content (AvgIpc) is 3.16. The standard InChI is InChI=1S/C19H17BrN8O4/c20-14-5-2-1-4-12(14)11-32-16-6-3-7-28-17(15(10-22-27-21)26-18(16)28)19(29)25-13(8-23-30)9-24-31/h1-7,13H,8-11H2,(H,25,29). The lowest BCUT2D eigenvalue weighted by molar-refractivity contribution is 0.0932. The molecule has 1 amide bonds. The Morgan fingerprint density at radius 2 is 1.97 bits per heavy atom. The number of fused-ring (bicyclic) bond motifs is 1. The highest BCUT2D eigenvalue weighted by Crippen LogP contribution is 2.25. The molecular weight excluding hydrogens is 484 g/mol. The van der Waals surface area contributed by atoms with Crippen molar-refractivity contribution in [3.05, 3.63) is 84.3 Å². The van der Waals surface area contributed by atoms with Gasteiger partial charge in [0.1, 0.15) is 25.4 Å². The van der Waals surface area contributed by atoms with Gasteiger partial charge in [0.25, 0.3) is 5.91 Å². The van der Waals surface area contributed by atoms with Crippen LogP contribution in [0.15, 0.2) is 62.5 Å². The molecule has 0 spiro atoms. The molecule has 0 fully saturated rings. The van der Waals surface area contributed by atoms with Crippen LogP contribution in [0.3, 0.4) is 0 Å². The Morgan fingerprint density at radius 3 is 2.66 bits per heavy atom. The van der Waals surface area contributed by atoms with Crippen LogP contribution in [0.2, 0.25) is 0 Å². The van der Waals surface area contributed by atoms with Crippen LogP contribution in [0, 0.1) is 9.81 Å². The molecule has 0 radical (unpaired) electrons. The van der Waals surface area contributed by atoms with Gasteiger partial charge < -0.3 is 10.1 Å². The van der Waals surface area contributed by atoms with Gasteiger partial charge in [0.2, 0.25) is 0 Å². The number of benzene rings is 1. The molecule has 164 valence electrons. The number of pyridine rings is 1. The van der Waals surface area contributed by atoms with Crippen LogP contribution < -0.4 is 10.1 Å². The first-order valence-electron chi connectivity index (χ1n) is 9.35. The van der Waals surface area contributed by atoms with Crippen molar-refractivity contribution in [2.24, 2.45) is 15.5 Å². The number of ether oxygens (including phenoxy) is 1. The zero-order valence-corrected chi connectivity index (χ0v) is 18.2. The largest absolute Gasteiger partial charge is 0.485 e. The Hall–Kier alpha value is -3.83. The Bertz CT molecular complexity index is 1180. The number of rotatable bonds is 11. The normalized spacial score (nSPS) is 10.6. The molecule has 0 saturated carbocycles. The van der Waals surface area contributed by atoms with Gasteiger partial charge in [-0.25, -0.2) is 4.98 Å². The number of carbonyl (C=O) groups excluding carboxylic acids is 1. The van der Waals surface area contributed by atoms with E-state index in [1.807, 2.05) is 24.3 Å². The van der Waals surface area contributed by atoms with Gasteiger partial charge in [-0.2, -0.15) is 9.81 Å². The molecule has 1 N–H and O–H groups in total. The number of azide groups is 1. The van der Waals surface area contributed by atoms with Crippen LogP contribution in [0.5, 0.6) is 5.75 Å². The number of hydrogen-bond acceptors (Lipinski definition) is 8. The minimum atomic E-state index is -0.870. The van der Waals surface area contributed by atoms with Gasteiger partial charge in [-0.1, -0.05) is 49.6 Å². The highest BCUT2D eigenvalue weighted by molar-refractivity contribution is 9.10. The zero-order valence-electron chi connectivity index (χ0n) is 16.6. The number of hydrogen-bond donors (Lipinski definition) is 1. The van der Waals surface area contributed by atoms with Crippen molar-refractivity contribution in [2.75, 3.05) is 13.1 Å². The number of nitroso groups, excluding NO2 is 2. The van der Waals surface area contributed by atoms with Gasteiger partial charge in [0, 0.05) is 21.1 Å². The summed E-state index contributed by atoms with van der Waals surface area (Å²) < 4.78 is 8.32. The van der Waals surface area contributed by atoms with Crippen LogP contribution >= 0.6 is 15.9 Å². The fourth-order valence-corrected chi connectivity index (χ4v) is 3.40. The summed E-state index contributed by atoms with van der Waals surface area (Å²) in [5, 5.41) is 11.5.